The van der Waals surface area contributed by atoms with Crippen LogP contribution in [0, 0.1) is 0 Å². The smallest absolute Gasteiger partial charge is 0.251 e. The summed E-state index contributed by atoms with van der Waals surface area (Å²) in [5.74, 6) is -0.300. The maximum Gasteiger partial charge on any atom is 0.251 e. The van der Waals surface area contributed by atoms with Gasteiger partial charge in [0.25, 0.3) is 5.91 Å². The van der Waals surface area contributed by atoms with Gasteiger partial charge in [0.1, 0.15) is 0 Å². The Bertz CT molecular complexity index is 968. The Hall–Kier alpha value is -2.49. The van der Waals surface area contributed by atoms with E-state index in [9.17, 15) is 13.2 Å². The van der Waals surface area contributed by atoms with Crippen LogP contribution in [-0.2, 0) is 23.1 Å². The van der Waals surface area contributed by atoms with Crippen molar-refractivity contribution in [3.63, 3.8) is 0 Å². The van der Waals surface area contributed by atoms with Crippen LogP contribution in [0.4, 0.5) is 0 Å². The van der Waals surface area contributed by atoms with Gasteiger partial charge in [-0.15, -0.1) is 11.3 Å². The van der Waals surface area contributed by atoms with Gasteiger partial charge in [-0.2, -0.15) is 5.10 Å². The molecule has 0 saturated heterocycles. The summed E-state index contributed by atoms with van der Waals surface area (Å²) in [7, 11) is -3.68. The first-order chi connectivity index (χ1) is 13.0. The van der Waals surface area contributed by atoms with Crippen LogP contribution in [0.5, 0.6) is 0 Å². The summed E-state index contributed by atoms with van der Waals surface area (Å²) in [6, 6.07) is 11.6. The molecule has 0 atom stereocenters. The van der Waals surface area contributed by atoms with Crippen LogP contribution in [0.2, 0.25) is 0 Å². The molecule has 0 fully saturated rings. The maximum absolute atomic E-state index is 12.4. The first kappa shape index (κ1) is 19.3. The maximum atomic E-state index is 12.4. The Morgan fingerprint density at radius 3 is 2.81 bits per heavy atom. The quantitative estimate of drug-likeness (QED) is 0.535. The highest BCUT2D eigenvalue weighted by Crippen LogP contribution is 2.14. The summed E-state index contributed by atoms with van der Waals surface area (Å²) in [6.45, 7) is 1.41. The summed E-state index contributed by atoms with van der Waals surface area (Å²) in [4.78, 5) is 13.3. The van der Waals surface area contributed by atoms with Gasteiger partial charge in [-0.3, -0.25) is 9.48 Å². The van der Waals surface area contributed by atoms with Crippen molar-refractivity contribution in [1.29, 1.82) is 0 Å². The van der Waals surface area contributed by atoms with Crippen LogP contribution in [-0.4, -0.2) is 30.7 Å². The van der Waals surface area contributed by atoms with E-state index in [1.165, 1.54) is 23.5 Å². The molecular formula is C18H20N4O3S2. The number of hydrogen-bond donors (Lipinski definition) is 2. The van der Waals surface area contributed by atoms with Crippen molar-refractivity contribution in [3.05, 3.63) is 70.7 Å². The molecule has 0 aliphatic rings. The molecule has 1 amide bonds. The third-order valence-corrected chi connectivity index (χ3v) is 6.11. The Morgan fingerprint density at radius 2 is 2.07 bits per heavy atom. The van der Waals surface area contributed by atoms with Crippen LogP contribution in [0.25, 0.3) is 0 Å². The van der Waals surface area contributed by atoms with Gasteiger partial charge in [-0.05, 0) is 42.1 Å². The number of aryl methyl sites for hydroxylation is 1. The molecule has 0 aliphatic carbocycles. The number of carbonyl (C=O) groups excluding carboxylic acids is 1. The number of nitrogens with zero attached hydrogens (tertiary/aromatic N) is 2. The standard InChI is InChI=1S/C18H20N4O3S2/c23-18(19-8-3-10-22-11-4-9-20-22)15-5-1-7-17(13-15)27(24,25)21-14-16-6-2-12-26-16/h1-2,4-7,9,11-13,21H,3,8,10,14H2,(H,19,23). The lowest BCUT2D eigenvalue weighted by atomic mass is 10.2. The largest absolute Gasteiger partial charge is 0.352 e. The summed E-state index contributed by atoms with van der Waals surface area (Å²) in [5.41, 5.74) is 0.313. The van der Waals surface area contributed by atoms with Crippen molar-refractivity contribution >= 4 is 27.3 Å². The summed E-state index contributed by atoms with van der Waals surface area (Å²) in [5, 5.41) is 8.79. The van der Waals surface area contributed by atoms with E-state index in [1.54, 1.807) is 23.0 Å². The van der Waals surface area contributed by atoms with E-state index in [1.807, 2.05) is 29.8 Å². The molecule has 3 aromatic rings. The number of sulfonamides is 1. The van der Waals surface area contributed by atoms with Crippen molar-refractivity contribution in [1.82, 2.24) is 19.8 Å². The fraction of sp³-hybridized carbons (Fsp3) is 0.222. The number of carbonyl (C=O) groups is 1. The molecule has 2 heterocycles. The highest BCUT2D eigenvalue weighted by molar-refractivity contribution is 7.89. The van der Waals surface area contributed by atoms with E-state index in [2.05, 4.69) is 15.1 Å². The first-order valence-corrected chi connectivity index (χ1v) is 10.8. The highest BCUT2D eigenvalue weighted by Gasteiger charge is 2.16. The zero-order valence-electron chi connectivity index (χ0n) is 14.5. The molecule has 0 bridgehead atoms. The van der Waals surface area contributed by atoms with E-state index >= 15 is 0 Å². The van der Waals surface area contributed by atoms with E-state index < -0.39 is 10.0 Å². The molecule has 0 aliphatic heterocycles. The molecule has 9 heteroatoms. The Balaban J connectivity index is 1.56. The second-order valence-corrected chi connectivity index (χ2v) is 8.61. The average Bonchev–Trinajstić information content (AvgIpc) is 3.37. The molecule has 0 saturated carbocycles. The molecule has 3 rings (SSSR count). The van der Waals surface area contributed by atoms with E-state index in [-0.39, 0.29) is 17.3 Å². The predicted molar refractivity (Wildman–Crippen MR) is 104 cm³/mol. The lowest BCUT2D eigenvalue weighted by Gasteiger charge is -2.09. The molecule has 7 nitrogen and oxygen atoms in total. The number of hydrogen-bond acceptors (Lipinski definition) is 5. The number of nitrogens with one attached hydrogen (secondary N) is 2. The minimum absolute atomic E-state index is 0.0725. The average molecular weight is 405 g/mol. The molecule has 0 unspecified atom stereocenters. The second-order valence-electron chi connectivity index (χ2n) is 5.81. The van der Waals surface area contributed by atoms with Crippen LogP contribution < -0.4 is 10.0 Å². The van der Waals surface area contributed by atoms with Gasteiger partial charge in [0.15, 0.2) is 0 Å². The zero-order valence-corrected chi connectivity index (χ0v) is 16.2. The van der Waals surface area contributed by atoms with Crippen LogP contribution in [0.3, 0.4) is 0 Å². The number of aromatic nitrogens is 2. The van der Waals surface area contributed by atoms with Crippen molar-refractivity contribution in [2.45, 2.75) is 24.4 Å². The fourth-order valence-electron chi connectivity index (χ4n) is 2.44. The van der Waals surface area contributed by atoms with Crippen molar-refractivity contribution in [3.8, 4) is 0 Å². The SMILES string of the molecule is O=C(NCCCn1cccn1)c1cccc(S(=O)(=O)NCc2cccs2)c1. The monoisotopic (exact) mass is 404 g/mol. The zero-order chi connectivity index (χ0) is 19.1. The molecule has 2 N–H and O–H groups in total. The lowest BCUT2D eigenvalue weighted by molar-refractivity contribution is 0.0952. The minimum atomic E-state index is -3.68. The Labute approximate surface area is 162 Å². The number of rotatable bonds is 9. The van der Waals surface area contributed by atoms with Crippen molar-refractivity contribution in [2.24, 2.45) is 0 Å². The van der Waals surface area contributed by atoms with Gasteiger partial charge in [0, 0.05) is 42.5 Å². The van der Waals surface area contributed by atoms with E-state index in [4.69, 9.17) is 0 Å². The van der Waals surface area contributed by atoms with Crippen LogP contribution in [0.1, 0.15) is 21.7 Å². The third-order valence-electron chi connectivity index (χ3n) is 3.83. The number of amides is 1. The lowest BCUT2D eigenvalue weighted by Crippen LogP contribution is -2.26. The Kier molecular flexibility index (Phi) is 6.38. The molecule has 2 aromatic heterocycles. The summed E-state index contributed by atoms with van der Waals surface area (Å²) in [6.07, 6.45) is 4.30. The second kappa shape index (κ2) is 8.94. The fourth-order valence-corrected chi connectivity index (χ4v) is 4.23. The van der Waals surface area contributed by atoms with Gasteiger partial charge in [0.05, 0.1) is 4.90 Å². The summed E-state index contributed by atoms with van der Waals surface area (Å²) >= 11 is 1.48. The molecular weight excluding hydrogens is 384 g/mol. The number of thiophene rings is 1. The van der Waals surface area contributed by atoms with Crippen molar-refractivity contribution in [2.75, 3.05) is 6.54 Å². The van der Waals surface area contributed by atoms with Gasteiger partial charge >= 0.3 is 0 Å². The first-order valence-electron chi connectivity index (χ1n) is 8.42. The van der Waals surface area contributed by atoms with Crippen LogP contribution >= 0.6 is 11.3 Å². The van der Waals surface area contributed by atoms with E-state index in [0.717, 1.165) is 11.3 Å². The molecule has 0 spiro atoms. The van der Waals surface area contributed by atoms with Gasteiger partial charge in [-0.25, -0.2) is 13.1 Å². The van der Waals surface area contributed by atoms with E-state index in [0.29, 0.717) is 18.7 Å². The topological polar surface area (TPSA) is 93.1 Å². The molecule has 0 radical (unpaired) electrons. The Morgan fingerprint density at radius 1 is 1.19 bits per heavy atom. The normalized spacial score (nSPS) is 11.4. The third kappa shape index (κ3) is 5.49. The van der Waals surface area contributed by atoms with Crippen LogP contribution in [0.15, 0.2) is 65.1 Å². The number of benzene rings is 1. The molecule has 1 aromatic carbocycles. The van der Waals surface area contributed by atoms with Crippen molar-refractivity contribution < 1.29 is 13.2 Å². The molecule has 142 valence electrons. The van der Waals surface area contributed by atoms with Gasteiger partial charge < -0.3 is 5.32 Å². The predicted octanol–water partition coefficient (Wildman–Crippen LogP) is 2.24. The van der Waals surface area contributed by atoms with Gasteiger partial charge in [0.2, 0.25) is 10.0 Å². The molecule has 27 heavy (non-hydrogen) atoms. The minimum Gasteiger partial charge on any atom is -0.352 e. The highest BCUT2D eigenvalue weighted by atomic mass is 32.2. The van der Waals surface area contributed by atoms with Gasteiger partial charge in [-0.1, -0.05) is 12.1 Å². The summed E-state index contributed by atoms with van der Waals surface area (Å²) < 4.78 is 29.2.